The van der Waals surface area contributed by atoms with Crippen LogP contribution in [0.4, 0.5) is 11.4 Å². The van der Waals surface area contributed by atoms with Crippen molar-refractivity contribution in [3.8, 4) is 0 Å². The molecule has 0 amide bonds. The minimum absolute atomic E-state index is 0.405. The van der Waals surface area contributed by atoms with Crippen LogP contribution in [0, 0.1) is 0 Å². The third kappa shape index (κ3) is 3.28. The highest BCUT2D eigenvalue weighted by atomic mass is 15.3. The fourth-order valence-electron chi connectivity index (χ4n) is 1.96. The van der Waals surface area contributed by atoms with Gasteiger partial charge in [-0.3, -0.25) is 4.68 Å². The monoisotopic (exact) mass is 258 g/mol. The second-order valence-electron chi connectivity index (χ2n) is 5.15. The summed E-state index contributed by atoms with van der Waals surface area (Å²) in [5, 5.41) is 7.99. The van der Waals surface area contributed by atoms with Crippen LogP contribution in [0.3, 0.4) is 0 Å². The summed E-state index contributed by atoms with van der Waals surface area (Å²) in [5.41, 5.74) is 3.37. The minimum Gasteiger partial charge on any atom is -0.378 e. The van der Waals surface area contributed by atoms with E-state index >= 15 is 0 Å². The van der Waals surface area contributed by atoms with E-state index in [4.69, 9.17) is 0 Å². The predicted molar refractivity (Wildman–Crippen MR) is 80.7 cm³/mol. The van der Waals surface area contributed by atoms with Gasteiger partial charge >= 0.3 is 0 Å². The summed E-state index contributed by atoms with van der Waals surface area (Å²) in [6, 6.07) is 10.8. The molecule has 0 spiro atoms. The molecule has 0 bridgehead atoms. The highest BCUT2D eigenvalue weighted by molar-refractivity contribution is 5.69. The number of hydrogen-bond donors (Lipinski definition) is 1. The quantitative estimate of drug-likeness (QED) is 0.894. The molecule has 0 unspecified atom stereocenters. The molecule has 19 heavy (non-hydrogen) atoms. The lowest BCUT2D eigenvalue weighted by molar-refractivity contribution is 0.527. The SMILES string of the molecule is CC(C)n1ccc(CNc2ccccc2N(C)C)n1. The average Bonchev–Trinajstić information content (AvgIpc) is 2.85. The van der Waals surface area contributed by atoms with Gasteiger partial charge in [-0.1, -0.05) is 12.1 Å². The second-order valence-corrected chi connectivity index (χ2v) is 5.15. The van der Waals surface area contributed by atoms with Crippen molar-refractivity contribution in [2.45, 2.75) is 26.4 Å². The first-order valence-electron chi connectivity index (χ1n) is 6.62. The number of hydrogen-bond acceptors (Lipinski definition) is 3. The lowest BCUT2D eigenvalue weighted by Crippen LogP contribution is -2.12. The summed E-state index contributed by atoms with van der Waals surface area (Å²) in [6.07, 6.45) is 2.03. The molecule has 2 rings (SSSR count). The van der Waals surface area contributed by atoms with Crippen LogP contribution in [0.1, 0.15) is 25.6 Å². The maximum Gasteiger partial charge on any atom is 0.0815 e. The van der Waals surface area contributed by atoms with Crippen LogP contribution in [0.15, 0.2) is 36.5 Å². The van der Waals surface area contributed by atoms with Gasteiger partial charge in [0, 0.05) is 26.3 Å². The van der Waals surface area contributed by atoms with Gasteiger partial charge in [0.05, 0.1) is 23.6 Å². The van der Waals surface area contributed by atoms with Crippen LogP contribution in [-0.2, 0) is 6.54 Å². The molecule has 0 radical (unpaired) electrons. The molecule has 4 heteroatoms. The molecule has 0 aliphatic heterocycles. The number of para-hydroxylation sites is 2. The van der Waals surface area contributed by atoms with Gasteiger partial charge in [0.25, 0.3) is 0 Å². The largest absolute Gasteiger partial charge is 0.378 e. The molecule has 0 saturated heterocycles. The Hall–Kier alpha value is -1.97. The van der Waals surface area contributed by atoms with Gasteiger partial charge in [0.1, 0.15) is 0 Å². The van der Waals surface area contributed by atoms with E-state index in [2.05, 4.69) is 47.4 Å². The summed E-state index contributed by atoms with van der Waals surface area (Å²) >= 11 is 0. The third-order valence-corrected chi connectivity index (χ3v) is 3.04. The van der Waals surface area contributed by atoms with Crippen LogP contribution in [-0.4, -0.2) is 23.9 Å². The van der Waals surface area contributed by atoms with Gasteiger partial charge < -0.3 is 10.2 Å². The van der Waals surface area contributed by atoms with Crippen molar-refractivity contribution in [3.63, 3.8) is 0 Å². The molecule has 4 nitrogen and oxygen atoms in total. The standard InChI is InChI=1S/C15H22N4/c1-12(2)19-10-9-13(17-19)11-16-14-7-5-6-8-15(14)18(3)4/h5-10,12,16H,11H2,1-4H3. The summed E-state index contributed by atoms with van der Waals surface area (Å²) in [7, 11) is 4.10. The van der Waals surface area contributed by atoms with Gasteiger partial charge in [-0.15, -0.1) is 0 Å². The van der Waals surface area contributed by atoms with Crippen molar-refractivity contribution in [1.82, 2.24) is 9.78 Å². The first kappa shape index (κ1) is 13.5. The van der Waals surface area contributed by atoms with Crippen molar-refractivity contribution < 1.29 is 0 Å². The topological polar surface area (TPSA) is 33.1 Å². The van der Waals surface area contributed by atoms with Gasteiger partial charge in [0.2, 0.25) is 0 Å². The second kappa shape index (κ2) is 5.78. The zero-order valence-corrected chi connectivity index (χ0v) is 12.1. The Bertz CT molecular complexity index is 528. The molecule has 0 atom stereocenters. The fraction of sp³-hybridized carbons (Fsp3) is 0.400. The van der Waals surface area contributed by atoms with Gasteiger partial charge in [0.15, 0.2) is 0 Å². The maximum absolute atomic E-state index is 4.54. The number of nitrogens with one attached hydrogen (secondary N) is 1. The van der Waals surface area contributed by atoms with Crippen LogP contribution < -0.4 is 10.2 Å². The molecule has 1 N–H and O–H groups in total. The van der Waals surface area contributed by atoms with E-state index in [1.54, 1.807) is 0 Å². The van der Waals surface area contributed by atoms with Gasteiger partial charge in [-0.25, -0.2) is 0 Å². The predicted octanol–water partition coefficient (Wildman–Crippen LogP) is 3.14. The molecule has 1 aromatic carbocycles. The number of aromatic nitrogens is 2. The first-order chi connectivity index (χ1) is 9.08. The highest BCUT2D eigenvalue weighted by Crippen LogP contribution is 2.23. The zero-order valence-electron chi connectivity index (χ0n) is 12.1. The molecule has 1 heterocycles. The van der Waals surface area contributed by atoms with Crippen molar-refractivity contribution in [2.75, 3.05) is 24.3 Å². The number of rotatable bonds is 5. The molecular formula is C15H22N4. The Labute approximate surface area is 115 Å². The van der Waals surface area contributed by atoms with E-state index in [1.165, 1.54) is 5.69 Å². The maximum atomic E-state index is 4.54. The van der Waals surface area contributed by atoms with Crippen LogP contribution in [0.2, 0.25) is 0 Å². The summed E-state index contributed by atoms with van der Waals surface area (Å²) in [6.45, 7) is 5.00. The summed E-state index contributed by atoms with van der Waals surface area (Å²) < 4.78 is 1.98. The highest BCUT2D eigenvalue weighted by Gasteiger charge is 2.05. The van der Waals surface area contributed by atoms with Crippen molar-refractivity contribution in [1.29, 1.82) is 0 Å². The molecule has 102 valence electrons. The van der Waals surface area contributed by atoms with Gasteiger partial charge in [-0.05, 0) is 32.0 Å². The van der Waals surface area contributed by atoms with Crippen molar-refractivity contribution >= 4 is 11.4 Å². The number of anilines is 2. The Morgan fingerprint density at radius 3 is 2.58 bits per heavy atom. The molecule has 2 aromatic rings. The summed E-state index contributed by atoms with van der Waals surface area (Å²) in [5.74, 6) is 0. The van der Waals surface area contributed by atoms with E-state index in [-0.39, 0.29) is 0 Å². The molecule has 0 saturated carbocycles. The first-order valence-corrected chi connectivity index (χ1v) is 6.62. The van der Waals surface area contributed by atoms with E-state index in [1.807, 2.05) is 37.1 Å². The minimum atomic E-state index is 0.405. The Morgan fingerprint density at radius 1 is 1.21 bits per heavy atom. The van der Waals surface area contributed by atoms with E-state index in [9.17, 15) is 0 Å². The van der Waals surface area contributed by atoms with E-state index < -0.39 is 0 Å². The van der Waals surface area contributed by atoms with E-state index in [0.717, 1.165) is 17.9 Å². The molecule has 0 aliphatic rings. The lowest BCUT2D eigenvalue weighted by Gasteiger charge is -2.17. The van der Waals surface area contributed by atoms with Crippen molar-refractivity contribution in [2.24, 2.45) is 0 Å². The van der Waals surface area contributed by atoms with Gasteiger partial charge in [-0.2, -0.15) is 5.10 Å². The Balaban J connectivity index is 2.06. The number of benzene rings is 1. The molecule has 1 aromatic heterocycles. The van der Waals surface area contributed by atoms with Crippen molar-refractivity contribution in [3.05, 3.63) is 42.2 Å². The average molecular weight is 258 g/mol. The third-order valence-electron chi connectivity index (χ3n) is 3.04. The Kier molecular flexibility index (Phi) is 4.10. The van der Waals surface area contributed by atoms with E-state index in [0.29, 0.717) is 6.04 Å². The fourth-order valence-corrected chi connectivity index (χ4v) is 1.96. The summed E-state index contributed by atoms with van der Waals surface area (Å²) in [4.78, 5) is 2.11. The number of nitrogens with zero attached hydrogens (tertiary/aromatic N) is 3. The Morgan fingerprint density at radius 2 is 1.95 bits per heavy atom. The normalized spacial score (nSPS) is 10.8. The molecule has 0 aliphatic carbocycles. The zero-order chi connectivity index (χ0) is 13.8. The lowest BCUT2D eigenvalue weighted by atomic mass is 10.2. The van der Waals surface area contributed by atoms with Crippen LogP contribution in [0.5, 0.6) is 0 Å². The molecule has 0 fully saturated rings. The smallest absolute Gasteiger partial charge is 0.0815 e. The molecular weight excluding hydrogens is 236 g/mol. The van der Waals surface area contributed by atoms with Crippen LogP contribution in [0.25, 0.3) is 0 Å². The van der Waals surface area contributed by atoms with Crippen LogP contribution >= 0.6 is 0 Å².